The second-order valence-corrected chi connectivity index (χ2v) is 9.43. The van der Waals surface area contributed by atoms with Crippen LogP contribution in [0.25, 0.3) is 11.6 Å². The van der Waals surface area contributed by atoms with E-state index >= 15 is 0 Å². The zero-order valence-corrected chi connectivity index (χ0v) is 19.5. The van der Waals surface area contributed by atoms with Gasteiger partial charge in [-0.15, -0.1) is 0 Å². The fourth-order valence-corrected chi connectivity index (χ4v) is 5.36. The Bertz CT molecular complexity index is 1140. The predicted octanol–water partition coefficient (Wildman–Crippen LogP) is 4.38. The number of rotatable bonds is 6. The van der Waals surface area contributed by atoms with Crippen LogP contribution < -0.4 is 10.2 Å². The maximum absolute atomic E-state index is 9.20. The second kappa shape index (κ2) is 10.2. The molecule has 1 aliphatic heterocycles. The topological polar surface area (TPSA) is 117 Å². The van der Waals surface area contributed by atoms with E-state index in [0.29, 0.717) is 41.0 Å². The zero-order valence-electron chi connectivity index (χ0n) is 19.5. The van der Waals surface area contributed by atoms with E-state index in [9.17, 15) is 5.26 Å². The van der Waals surface area contributed by atoms with Crippen molar-refractivity contribution in [2.24, 2.45) is 11.8 Å². The van der Waals surface area contributed by atoms with Gasteiger partial charge in [-0.05, 0) is 56.1 Å². The van der Waals surface area contributed by atoms with E-state index < -0.39 is 0 Å². The molecule has 1 aliphatic carbocycles. The molecule has 0 spiro atoms. The largest absolute Gasteiger partial charge is 0.369 e. The van der Waals surface area contributed by atoms with E-state index in [1.165, 1.54) is 38.5 Å². The van der Waals surface area contributed by atoms with Crippen molar-refractivity contribution in [3.63, 3.8) is 0 Å². The maximum atomic E-state index is 9.20. The van der Waals surface area contributed by atoms with Crippen LogP contribution in [0.15, 0.2) is 35.2 Å². The number of piperidine rings is 1. The lowest BCUT2D eigenvalue weighted by Gasteiger charge is -2.39. The van der Waals surface area contributed by atoms with Crippen molar-refractivity contribution in [1.82, 2.24) is 25.1 Å². The van der Waals surface area contributed by atoms with E-state index in [4.69, 9.17) is 4.52 Å². The molecule has 9 nitrogen and oxygen atoms in total. The fraction of sp³-hybridized carbons (Fsp3) is 0.520. The van der Waals surface area contributed by atoms with Gasteiger partial charge in [-0.1, -0.05) is 18.0 Å². The van der Waals surface area contributed by atoms with Crippen molar-refractivity contribution in [3.8, 4) is 17.7 Å². The SMILES string of the molecule is Cc1nc(-c2ncc(N3CCC[C@H](C[C@@H]4CCCC[C@H]4Nc4cc(C#N)ccn4)C3)cn2)no1. The molecule has 0 unspecified atom stereocenters. The molecular formula is C25H30N8O. The van der Waals surface area contributed by atoms with Crippen LogP contribution in [-0.2, 0) is 0 Å². The van der Waals surface area contributed by atoms with Gasteiger partial charge in [-0.25, -0.2) is 15.0 Å². The second-order valence-electron chi connectivity index (χ2n) is 9.43. The van der Waals surface area contributed by atoms with Crippen LogP contribution >= 0.6 is 0 Å². The van der Waals surface area contributed by atoms with Crippen LogP contribution in [0.2, 0.25) is 0 Å². The van der Waals surface area contributed by atoms with Crippen LogP contribution in [0, 0.1) is 30.1 Å². The highest BCUT2D eigenvalue weighted by molar-refractivity contribution is 5.48. The summed E-state index contributed by atoms with van der Waals surface area (Å²) in [6.45, 7) is 3.80. The highest BCUT2D eigenvalue weighted by Crippen LogP contribution is 2.35. The van der Waals surface area contributed by atoms with Gasteiger partial charge < -0.3 is 14.7 Å². The molecular weight excluding hydrogens is 428 g/mol. The number of anilines is 2. The third-order valence-electron chi connectivity index (χ3n) is 7.02. The molecule has 3 atom stereocenters. The number of nitrogens with zero attached hydrogens (tertiary/aromatic N) is 7. The zero-order chi connectivity index (χ0) is 23.3. The average Bonchev–Trinajstić information content (AvgIpc) is 3.32. The van der Waals surface area contributed by atoms with E-state index in [2.05, 4.69) is 41.4 Å². The number of aryl methyl sites for hydroxylation is 1. The molecule has 3 aromatic rings. The van der Waals surface area contributed by atoms with Gasteiger partial charge in [0.1, 0.15) is 5.82 Å². The van der Waals surface area contributed by atoms with Crippen LogP contribution in [0.3, 0.4) is 0 Å². The molecule has 0 radical (unpaired) electrons. The van der Waals surface area contributed by atoms with Crippen LogP contribution in [0.4, 0.5) is 11.5 Å². The molecule has 4 heterocycles. The molecule has 5 rings (SSSR count). The molecule has 176 valence electrons. The first-order valence-corrected chi connectivity index (χ1v) is 12.2. The molecule has 1 saturated carbocycles. The molecule has 9 heteroatoms. The van der Waals surface area contributed by atoms with E-state index in [0.717, 1.165) is 31.0 Å². The van der Waals surface area contributed by atoms with Crippen molar-refractivity contribution in [1.29, 1.82) is 5.26 Å². The Morgan fingerprint density at radius 1 is 1.12 bits per heavy atom. The fourth-order valence-electron chi connectivity index (χ4n) is 5.36. The van der Waals surface area contributed by atoms with Crippen molar-refractivity contribution < 1.29 is 4.52 Å². The summed E-state index contributed by atoms with van der Waals surface area (Å²) in [5.41, 5.74) is 1.69. The number of hydrogen-bond acceptors (Lipinski definition) is 9. The third-order valence-corrected chi connectivity index (χ3v) is 7.02. The Balaban J connectivity index is 1.22. The Labute approximate surface area is 199 Å². The normalized spacial score (nSPS) is 22.8. The minimum atomic E-state index is 0.409. The summed E-state index contributed by atoms with van der Waals surface area (Å²) in [6, 6.07) is 6.22. The van der Waals surface area contributed by atoms with Gasteiger partial charge in [0.2, 0.25) is 17.5 Å². The van der Waals surface area contributed by atoms with Gasteiger partial charge in [0.15, 0.2) is 0 Å². The summed E-state index contributed by atoms with van der Waals surface area (Å²) in [5, 5.41) is 16.7. The molecule has 3 aromatic heterocycles. The first-order chi connectivity index (χ1) is 16.7. The summed E-state index contributed by atoms with van der Waals surface area (Å²) in [6.07, 6.45) is 14.0. The lowest BCUT2D eigenvalue weighted by Crippen LogP contribution is -2.39. The number of hydrogen-bond donors (Lipinski definition) is 1. The average molecular weight is 459 g/mol. The molecule has 0 bridgehead atoms. The van der Waals surface area contributed by atoms with Crippen molar-refractivity contribution in [2.75, 3.05) is 23.3 Å². The Hall–Kier alpha value is -3.54. The summed E-state index contributed by atoms with van der Waals surface area (Å²) in [7, 11) is 0. The van der Waals surface area contributed by atoms with E-state index in [-0.39, 0.29) is 0 Å². The Morgan fingerprint density at radius 3 is 2.76 bits per heavy atom. The van der Waals surface area contributed by atoms with Gasteiger partial charge in [0.05, 0.1) is 29.7 Å². The van der Waals surface area contributed by atoms with Crippen LogP contribution in [-0.4, -0.2) is 44.2 Å². The van der Waals surface area contributed by atoms with Crippen molar-refractivity contribution in [3.05, 3.63) is 42.2 Å². The quantitative estimate of drug-likeness (QED) is 0.574. The lowest BCUT2D eigenvalue weighted by atomic mass is 9.77. The summed E-state index contributed by atoms with van der Waals surface area (Å²) < 4.78 is 5.03. The monoisotopic (exact) mass is 458 g/mol. The third kappa shape index (κ3) is 5.16. The molecule has 0 aromatic carbocycles. The minimum absolute atomic E-state index is 0.409. The number of pyridine rings is 1. The number of aromatic nitrogens is 5. The van der Waals surface area contributed by atoms with Gasteiger partial charge >= 0.3 is 0 Å². The first kappa shape index (κ1) is 22.3. The minimum Gasteiger partial charge on any atom is -0.369 e. The molecule has 2 fully saturated rings. The van der Waals surface area contributed by atoms with Gasteiger partial charge in [-0.2, -0.15) is 10.2 Å². The van der Waals surface area contributed by atoms with Crippen molar-refractivity contribution in [2.45, 2.75) is 57.9 Å². The highest BCUT2D eigenvalue weighted by Gasteiger charge is 2.30. The smallest absolute Gasteiger partial charge is 0.240 e. The summed E-state index contributed by atoms with van der Waals surface area (Å²) >= 11 is 0. The van der Waals surface area contributed by atoms with Gasteiger partial charge in [-0.3, -0.25) is 0 Å². The summed E-state index contributed by atoms with van der Waals surface area (Å²) in [4.78, 5) is 20.0. The van der Waals surface area contributed by atoms with E-state index in [1.54, 1.807) is 19.2 Å². The Morgan fingerprint density at radius 2 is 1.97 bits per heavy atom. The standard InChI is InChI=1S/C25H30N8O/c1-17-30-25(32-34-17)24-28-14-21(15-29-24)33-10-4-5-19(16-33)11-20-6-2-3-7-22(20)31-23-12-18(13-26)8-9-27-23/h8-9,12,14-15,19-20,22H,2-7,10-11,16H2,1H3,(H,27,31)/t19-,20+,22-/m1/s1. The van der Waals surface area contributed by atoms with E-state index in [1.807, 2.05) is 18.5 Å². The van der Waals surface area contributed by atoms with Crippen LogP contribution in [0.5, 0.6) is 0 Å². The highest BCUT2D eigenvalue weighted by atomic mass is 16.5. The number of nitrogens with one attached hydrogen (secondary N) is 1. The lowest BCUT2D eigenvalue weighted by molar-refractivity contribution is 0.247. The van der Waals surface area contributed by atoms with Crippen molar-refractivity contribution >= 4 is 11.5 Å². The molecule has 2 aliphatic rings. The predicted molar refractivity (Wildman–Crippen MR) is 128 cm³/mol. The van der Waals surface area contributed by atoms with Gasteiger partial charge in [0.25, 0.3) is 0 Å². The maximum Gasteiger partial charge on any atom is 0.240 e. The number of nitriles is 1. The molecule has 34 heavy (non-hydrogen) atoms. The first-order valence-electron chi connectivity index (χ1n) is 12.2. The van der Waals surface area contributed by atoms with Gasteiger partial charge in [0, 0.05) is 32.3 Å². The summed E-state index contributed by atoms with van der Waals surface area (Å²) in [5.74, 6) is 3.48. The molecule has 0 amide bonds. The van der Waals surface area contributed by atoms with Crippen LogP contribution in [0.1, 0.15) is 56.4 Å². The Kier molecular flexibility index (Phi) is 6.65. The molecule has 1 N–H and O–H groups in total. The molecule has 1 saturated heterocycles.